The quantitative estimate of drug-likeness (QED) is 0.900. The average Bonchev–Trinajstić information content (AvgIpc) is 2.96. The van der Waals surface area contributed by atoms with Crippen LogP contribution in [0.3, 0.4) is 0 Å². The smallest absolute Gasteiger partial charge is 0.221 e. The Hall–Kier alpha value is -1.68. The summed E-state index contributed by atoms with van der Waals surface area (Å²) in [6.07, 6.45) is 0.530. The lowest BCUT2D eigenvalue weighted by atomic mass is 9.92. The van der Waals surface area contributed by atoms with Gasteiger partial charge in [0.1, 0.15) is 0 Å². The van der Waals surface area contributed by atoms with Crippen LogP contribution in [0.15, 0.2) is 35.7 Å². The van der Waals surface area contributed by atoms with Gasteiger partial charge >= 0.3 is 0 Å². The standard InChI is InChI=1S/C14H14N2OS/c1-9-15-12(8-18-9)11-7-13(17)16-14(11)10-5-3-2-4-6-10/h2-6,8,11,14H,7H2,1H3,(H,16,17). The van der Waals surface area contributed by atoms with Gasteiger partial charge < -0.3 is 5.32 Å². The Morgan fingerprint density at radius 3 is 2.78 bits per heavy atom. The lowest BCUT2D eigenvalue weighted by Gasteiger charge is -2.17. The fraction of sp³-hybridized carbons (Fsp3) is 0.286. The van der Waals surface area contributed by atoms with Gasteiger partial charge in [0.15, 0.2) is 0 Å². The summed E-state index contributed by atoms with van der Waals surface area (Å²) in [6, 6.07) is 10.2. The zero-order chi connectivity index (χ0) is 12.5. The third-order valence-corrected chi connectivity index (χ3v) is 4.09. The van der Waals surface area contributed by atoms with Crippen LogP contribution in [0.25, 0.3) is 0 Å². The minimum atomic E-state index is 0.0557. The largest absolute Gasteiger partial charge is 0.349 e. The molecule has 18 heavy (non-hydrogen) atoms. The van der Waals surface area contributed by atoms with Gasteiger partial charge in [0.2, 0.25) is 5.91 Å². The number of nitrogens with one attached hydrogen (secondary N) is 1. The van der Waals surface area contributed by atoms with Gasteiger partial charge in [-0.15, -0.1) is 11.3 Å². The molecule has 0 saturated carbocycles. The zero-order valence-corrected chi connectivity index (χ0v) is 10.9. The van der Waals surface area contributed by atoms with Crippen LogP contribution < -0.4 is 5.32 Å². The fourth-order valence-corrected chi connectivity index (χ4v) is 3.13. The molecule has 0 aliphatic carbocycles. The van der Waals surface area contributed by atoms with E-state index in [9.17, 15) is 4.79 Å². The first kappa shape index (κ1) is 11.4. The molecule has 1 aliphatic rings. The highest BCUT2D eigenvalue weighted by atomic mass is 32.1. The maximum Gasteiger partial charge on any atom is 0.221 e. The fourth-order valence-electron chi connectivity index (χ4n) is 2.45. The zero-order valence-electron chi connectivity index (χ0n) is 10.1. The van der Waals surface area contributed by atoms with Gasteiger partial charge in [-0.2, -0.15) is 0 Å². The minimum Gasteiger partial charge on any atom is -0.349 e. The van der Waals surface area contributed by atoms with E-state index in [1.54, 1.807) is 11.3 Å². The van der Waals surface area contributed by atoms with E-state index < -0.39 is 0 Å². The molecule has 1 aromatic heterocycles. The van der Waals surface area contributed by atoms with E-state index in [0.717, 1.165) is 16.3 Å². The van der Waals surface area contributed by atoms with Crippen LogP contribution in [0.1, 0.15) is 34.6 Å². The Morgan fingerprint density at radius 2 is 2.11 bits per heavy atom. The topological polar surface area (TPSA) is 42.0 Å². The van der Waals surface area contributed by atoms with Crippen molar-refractivity contribution in [2.45, 2.75) is 25.3 Å². The van der Waals surface area contributed by atoms with Crippen molar-refractivity contribution in [3.05, 3.63) is 52.0 Å². The van der Waals surface area contributed by atoms with Gasteiger partial charge in [-0.05, 0) is 12.5 Å². The molecule has 1 aromatic carbocycles. The normalized spacial score (nSPS) is 23.1. The number of hydrogen-bond acceptors (Lipinski definition) is 3. The Kier molecular flexibility index (Phi) is 2.88. The maximum atomic E-state index is 11.7. The first-order valence-corrected chi connectivity index (χ1v) is 6.88. The highest BCUT2D eigenvalue weighted by Crippen LogP contribution is 2.38. The van der Waals surface area contributed by atoms with E-state index in [-0.39, 0.29) is 17.9 Å². The summed E-state index contributed by atoms with van der Waals surface area (Å²) in [4.78, 5) is 16.2. The van der Waals surface area contributed by atoms with Crippen LogP contribution in [0.5, 0.6) is 0 Å². The predicted molar refractivity (Wildman–Crippen MR) is 71.5 cm³/mol. The molecule has 1 amide bonds. The molecule has 2 atom stereocenters. The molecular weight excluding hydrogens is 244 g/mol. The van der Waals surface area contributed by atoms with Crippen LogP contribution >= 0.6 is 11.3 Å². The number of nitrogens with zero attached hydrogens (tertiary/aromatic N) is 1. The van der Waals surface area contributed by atoms with Crippen LogP contribution in [-0.4, -0.2) is 10.9 Å². The SMILES string of the molecule is Cc1nc(C2CC(=O)NC2c2ccccc2)cs1. The van der Waals surface area contributed by atoms with Crippen molar-refractivity contribution < 1.29 is 4.79 Å². The molecule has 3 rings (SSSR count). The van der Waals surface area contributed by atoms with Gasteiger partial charge in [0, 0.05) is 17.7 Å². The molecule has 4 heteroatoms. The molecular formula is C14H14N2OS. The number of hydrogen-bond donors (Lipinski definition) is 1. The molecule has 0 bridgehead atoms. The summed E-state index contributed by atoms with van der Waals surface area (Å²) in [6.45, 7) is 2.00. The van der Waals surface area contributed by atoms with Crippen molar-refractivity contribution in [3.63, 3.8) is 0 Å². The number of benzene rings is 1. The Morgan fingerprint density at radius 1 is 1.33 bits per heavy atom. The lowest BCUT2D eigenvalue weighted by Crippen LogP contribution is -2.20. The van der Waals surface area contributed by atoms with E-state index in [2.05, 4.69) is 27.8 Å². The second kappa shape index (κ2) is 4.53. The van der Waals surface area contributed by atoms with Gasteiger partial charge in [0.05, 0.1) is 16.7 Å². The first-order chi connectivity index (χ1) is 8.74. The van der Waals surface area contributed by atoms with E-state index in [1.165, 1.54) is 0 Å². The number of aryl methyl sites for hydroxylation is 1. The van der Waals surface area contributed by atoms with Crippen molar-refractivity contribution >= 4 is 17.2 Å². The number of amides is 1. The van der Waals surface area contributed by atoms with Crippen LogP contribution in [-0.2, 0) is 4.79 Å². The van der Waals surface area contributed by atoms with Crippen molar-refractivity contribution in [2.75, 3.05) is 0 Å². The Bertz CT molecular complexity index is 564. The second-order valence-electron chi connectivity index (χ2n) is 4.56. The molecule has 0 spiro atoms. The summed E-state index contributed by atoms with van der Waals surface area (Å²) in [5.41, 5.74) is 2.18. The molecule has 1 saturated heterocycles. The highest BCUT2D eigenvalue weighted by molar-refractivity contribution is 7.09. The van der Waals surface area contributed by atoms with Gasteiger partial charge in [-0.25, -0.2) is 4.98 Å². The van der Waals surface area contributed by atoms with Crippen molar-refractivity contribution in [3.8, 4) is 0 Å². The molecule has 2 heterocycles. The first-order valence-electron chi connectivity index (χ1n) is 6.00. The van der Waals surface area contributed by atoms with Gasteiger partial charge in [-0.1, -0.05) is 30.3 Å². The molecule has 0 radical (unpaired) electrons. The summed E-state index contributed by atoms with van der Waals surface area (Å²) in [5, 5.41) is 6.17. The number of aromatic nitrogens is 1. The second-order valence-corrected chi connectivity index (χ2v) is 5.62. The van der Waals surface area contributed by atoms with E-state index in [4.69, 9.17) is 0 Å². The van der Waals surface area contributed by atoms with Crippen LogP contribution in [0.4, 0.5) is 0 Å². The maximum absolute atomic E-state index is 11.7. The Balaban J connectivity index is 1.95. The number of carbonyl (C=O) groups excluding carboxylic acids is 1. The molecule has 2 unspecified atom stereocenters. The summed E-state index contributed by atoms with van der Waals surface area (Å²) >= 11 is 1.64. The molecule has 2 aromatic rings. The predicted octanol–water partition coefficient (Wildman–Crippen LogP) is 2.80. The summed E-state index contributed by atoms with van der Waals surface area (Å²) in [5.74, 6) is 0.268. The lowest BCUT2D eigenvalue weighted by molar-refractivity contribution is -0.119. The van der Waals surface area contributed by atoms with E-state index in [0.29, 0.717) is 6.42 Å². The highest BCUT2D eigenvalue weighted by Gasteiger charge is 2.35. The molecule has 1 aliphatic heterocycles. The summed E-state index contributed by atoms with van der Waals surface area (Å²) < 4.78 is 0. The number of carbonyl (C=O) groups is 1. The molecule has 1 N–H and O–H groups in total. The van der Waals surface area contributed by atoms with Crippen molar-refractivity contribution in [1.29, 1.82) is 0 Å². The average molecular weight is 258 g/mol. The van der Waals surface area contributed by atoms with Gasteiger partial charge in [0.25, 0.3) is 0 Å². The van der Waals surface area contributed by atoms with Crippen LogP contribution in [0, 0.1) is 6.92 Å². The van der Waals surface area contributed by atoms with E-state index in [1.807, 2.05) is 25.1 Å². The molecule has 92 valence electrons. The molecule has 3 nitrogen and oxygen atoms in total. The Labute approximate surface area is 110 Å². The summed E-state index contributed by atoms with van der Waals surface area (Å²) in [7, 11) is 0. The van der Waals surface area contributed by atoms with Crippen LogP contribution in [0.2, 0.25) is 0 Å². The van der Waals surface area contributed by atoms with Gasteiger partial charge in [-0.3, -0.25) is 4.79 Å². The third-order valence-electron chi connectivity index (χ3n) is 3.30. The van der Waals surface area contributed by atoms with E-state index >= 15 is 0 Å². The number of thiazole rings is 1. The third kappa shape index (κ3) is 2.04. The monoisotopic (exact) mass is 258 g/mol. The minimum absolute atomic E-state index is 0.0557. The molecule has 1 fully saturated rings. The van der Waals surface area contributed by atoms with Crippen molar-refractivity contribution in [1.82, 2.24) is 10.3 Å². The van der Waals surface area contributed by atoms with Crippen molar-refractivity contribution in [2.24, 2.45) is 0 Å². The number of rotatable bonds is 2.